The van der Waals surface area contributed by atoms with Crippen LogP contribution in [0.1, 0.15) is 37.5 Å². The van der Waals surface area contributed by atoms with Gasteiger partial charge in [-0.25, -0.2) is 0 Å². The van der Waals surface area contributed by atoms with E-state index in [1.54, 1.807) is 11.8 Å². The van der Waals surface area contributed by atoms with Crippen molar-refractivity contribution in [1.29, 1.82) is 0 Å². The highest BCUT2D eigenvalue weighted by atomic mass is 32.2. The van der Waals surface area contributed by atoms with Gasteiger partial charge in [-0.3, -0.25) is 4.79 Å². The van der Waals surface area contributed by atoms with E-state index < -0.39 is 5.41 Å². The minimum Gasteiger partial charge on any atom is -0.374 e. The predicted octanol–water partition coefficient (Wildman–Crippen LogP) is 6.14. The number of nitrogens with one attached hydrogen (secondary N) is 1. The normalized spacial score (nSPS) is 12.4. The lowest BCUT2D eigenvalue weighted by atomic mass is 9.86. The van der Waals surface area contributed by atoms with Gasteiger partial charge in [-0.1, -0.05) is 49.4 Å². The van der Waals surface area contributed by atoms with Crippen LogP contribution in [0.15, 0.2) is 77.7 Å². The first kappa shape index (κ1) is 25.6. The molecule has 1 heterocycles. The molecule has 1 aliphatic heterocycles. The highest BCUT2D eigenvalue weighted by molar-refractivity contribution is 7.99. The summed E-state index contributed by atoms with van der Waals surface area (Å²) in [5, 5.41) is 2.89. The van der Waals surface area contributed by atoms with Crippen LogP contribution in [-0.2, 0) is 27.8 Å². The molecule has 1 aliphatic rings. The predicted molar refractivity (Wildman–Crippen MR) is 144 cm³/mol. The van der Waals surface area contributed by atoms with Gasteiger partial charge in [0.05, 0.1) is 6.42 Å². The van der Waals surface area contributed by atoms with E-state index in [0.29, 0.717) is 6.42 Å². The molecule has 0 saturated heterocycles. The number of anilines is 2. The average Bonchev–Trinajstić information content (AvgIpc) is 3.22. The van der Waals surface area contributed by atoms with Crippen molar-refractivity contribution in [3.8, 4) is 0 Å². The molecule has 0 saturated carbocycles. The summed E-state index contributed by atoms with van der Waals surface area (Å²) in [7, 11) is 2.14. The number of hydrogen-bond acceptors (Lipinski definition) is 4. The average molecular weight is 475 g/mol. The standard InChI is InChI=1S/C20H23NO2S.C9H11N/c1-4-24-18-11-5-15(6-12-18)13-19(23)21-17-9-7-16(8-10-17)20(2,3)14-22;1-10-7-6-8-4-2-3-5-9(8)10/h5-12,14H,4,13H2,1-3H3,(H,21,23);2-5H,6-7H2,1H3. The quantitative estimate of drug-likeness (QED) is 0.330. The molecule has 1 amide bonds. The second-order valence-electron chi connectivity index (χ2n) is 9.02. The zero-order chi connectivity index (χ0) is 24.6. The molecule has 34 heavy (non-hydrogen) atoms. The Kier molecular flexibility index (Phi) is 8.94. The van der Waals surface area contributed by atoms with E-state index >= 15 is 0 Å². The van der Waals surface area contributed by atoms with E-state index in [4.69, 9.17) is 0 Å². The number of nitrogens with zero attached hydrogens (tertiary/aromatic N) is 1. The number of likely N-dealkylation sites (N-methyl/N-ethyl adjacent to an activating group) is 1. The molecular formula is C29H34N2O2S. The molecule has 0 aliphatic carbocycles. The number of thioether (sulfide) groups is 1. The van der Waals surface area contributed by atoms with Crippen LogP contribution in [0.25, 0.3) is 0 Å². The van der Waals surface area contributed by atoms with Gasteiger partial charge in [0.25, 0.3) is 0 Å². The van der Waals surface area contributed by atoms with Gasteiger partial charge in [0.2, 0.25) is 5.91 Å². The molecule has 0 radical (unpaired) electrons. The molecule has 5 heteroatoms. The Morgan fingerprint density at radius 1 is 1.03 bits per heavy atom. The first-order chi connectivity index (χ1) is 16.3. The van der Waals surface area contributed by atoms with Gasteiger partial charge in [-0.05, 0) is 73.0 Å². The fourth-order valence-corrected chi connectivity index (χ4v) is 4.48. The number of amides is 1. The molecule has 4 rings (SSSR count). The van der Waals surface area contributed by atoms with Crippen molar-refractivity contribution in [3.05, 3.63) is 89.5 Å². The molecule has 0 bridgehead atoms. The molecule has 0 unspecified atom stereocenters. The Labute approximate surface area is 207 Å². The van der Waals surface area contributed by atoms with Crippen molar-refractivity contribution in [2.45, 2.75) is 43.9 Å². The molecule has 3 aromatic carbocycles. The molecule has 0 atom stereocenters. The smallest absolute Gasteiger partial charge is 0.228 e. The SMILES string of the molecule is CCSc1ccc(CC(=O)Nc2ccc(C(C)(C)C=O)cc2)cc1.CN1CCc2ccccc21. The van der Waals surface area contributed by atoms with E-state index in [1.807, 2.05) is 62.4 Å². The summed E-state index contributed by atoms with van der Waals surface area (Å²) in [4.78, 5) is 26.8. The summed E-state index contributed by atoms with van der Waals surface area (Å²) in [6.45, 7) is 7.04. The third-order valence-electron chi connectivity index (χ3n) is 5.93. The fourth-order valence-electron chi connectivity index (χ4n) is 3.82. The van der Waals surface area contributed by atoms with Crippen molar-refractivity contribution >= 4 is 35.3 Å². The number of rotatable bonds is 7. The van der Waals surface area contributed by atoms with E-state index in [-0.39, 0.29) is 5.91 Å². The highest BCUT2D eigenvalue weighted by Gasteiger charge is 2.19. The number of aldehydes is 1. The largest absolute Gasteiger partial charge is 0.374 e. The van der Waals surface area contributed by atoms with Gasteiger partial charge in [-0.2, -0.15) is 0 Å². The minimum absolute atomic E-state index is 0.0479. The van der Waals surface area contributed by atoms with Crippen LogP contribution >= 0.6 is 11.8 Å². The molecule has 178 valence electrons. The summed E-state index contributed by atoms with van der Waals surface area (Å²) >= 11 is 1.79. The number of benzene rings is 3. The number of carbonyl (C=O) groups excluding carboxylic acids is 2. The van der Waals surface area contributed by atoms with E-state index in [0.717, 1.165) is 28.9 Å². The van der Waals surface area contributed by atoms with Gasteiger partial charge in [0.1, 0.15) is 6.29 Å². The Balaban J connectivity index is 0.000000266. The molecule has 0 fully saturated rings. The summed E-state index contributed by atoms with van der Waals surface area (Å²) < 4.78 is 0. The zero-order valence-corrected chi connectivity index (χ0v) is 21.3. The van der Waals surface area contributed by atoms with Crippen LogP contribution in [0, 0.1) is 0 Å². The van der Waals surface area contributed by atoms with E-state index in [9.17, 15) is 9.59 Å². The number of fused-ring (bicyclic) bond motifs is 1. The van der Waals surface area contributed by atoms with Crippen LogP contribution in [0.2, 0.25) is 0 Å². The van der Waals surface area contributed by atoms with Crippen LogP contribution in [-0.4, -0.2) is 31.5 Å². The van der Waals surface area contributed by atoms with Crippen LogP contribution in [0.3, 0.4) is 0 Å². The van der Waals surface area contributed by atoms with Gasteiger partial charge in [0, 0.05) is 35.3 Å². The third kappa shape index (κ3) is 6.97. The highest BCUT2D eigenvalue weighted by Crippen LogP contribution is 2.25. The van der Waals surface area contributed by atoms with Gasteiger partial charge in [0.15, 0.2) is 0 Å². The maximum atomic E-state index is 12.2. The molecular weight excluding hydrogens is 440 g/mol. The number of para-hydroxylation sites is 1. The minimum atomic E-state index is -0.513. The van der Waals surface area contributed by atoms with E-state index in [2.05, 4.69) is 48.5 Å². The Morgan fingerprint density at radius 3 is 2.32 bits per heavy atom. The summed E-state index contributed by atoms with van der Waals surface area (Å²) in [6.07, 6.45) is 2.49. The lowest BCUT2D eigenvalue weighted by Gasteiger charge is -2.17. The fraction of sp³-hybridized carbons (Fsp3) is 0.310. The first-order valence-electron chi connectivity index (χ1n) is 11.7. The van der Waals surface area contributed by atoms with Crippen LogP contribution < -0.4 is 10.2 Å². The maximum Gasteiger partial charge on any atom is 0.228 e. The maximum absolute atomic E-state index is 12.2. The van der Waals surface area contributed by atoms with Crippen molar-refractivity contribution in [1.82, 2.24) is 0 Å². The van der Waals surface area contributed by atoms with Gasteiger partial charge < -0.3 is 15.0 Å². The lowest BCUT2D eigenvalue weighted by molar-refractivity contribution is -0.115. The van der Waals surface area contributed by atoms with Crippen molar-refractivity contribution in [2.75, 3.05) is 29.6 Å². The topological polar surface area (TPSA) is 49.4 Å². The Morgan fingerprint density at radius 2 is 1.71 bits per heavy atom. The summed E-state index contributed by atoms with van der Waals surface area (Å²) in [5.41, 5.74) is 5.04. The summed E-state index contributed by atoms with van der Waals surface area (Å²) in [5.74, 6) is 0.991. The monoisotopic (exact) mass is 474 g/mol. The Bertz CT molecular complexity index is 1090. The molecule has 3 aromatic rings. The van der Waals surface area contributed by atoms with E-state index in [1.165, 1.54) is 29.1 Å². The van der Waals surface area contributed by atoms with Crippen molar-refractivity contribution < 1.29 is 9.59 Å². The zero-order valence-electron chi connectivity index (χ0n) is 20.5. The Hall–Kier alpha value is -3.05. The van der Waals surface area contributed by atoms with Crippen LogP contribution in [0.5, 0.6) is 0 Å². The molecule has 4 nitrogen and oxygen atoms in total. The second kappa shape index (κ2) is 11.9. The van der Waals surface area contributed by atoms with Gasteiger partial charge >= 0.3 is 0 Å². The molecule has 0 spiro atoms. The van der Waals surface area contributed by atoms with Crippen molar-refractivity contribution in [2.24, 2.45) is 0 Å². The molecule has 0 aromatic heterocycles. The lowest BCUT2D eigenvalue weighted by Crippen LogP contribution is -2.19. The first-order valence-corrected chi connectivity index (χ1v) is 12.7. The number of hydrogen-bond donors (Lipinski definition) is 1. The third-order valence-corrected chi connectivity index (χ3v) is 6.82. The van der Waals surface area contributed by atoms with Gasteiger partial charge in [-0.15, -0.1) is 11.8 Å². The second-order valence-corrected chi connectivity index (χ2v) is 10.4. The summed E-state index contributed by atoms with van der Waals surface area (Å²) in [6, 6.07) is 24.1. The van der Waals surface area contributed by atoms with Crippen LogP contribution in [0.4, 0.5) is 11.4 Å². The van der Waals surface area contributed by atoms with Crippen molar-refractivity contribution in [3.63, 3.8) is 0 Å². The number of carbonyl (C=O) groups is 2. The molecule has 1 N–H and O–H groups in total.